The molecule has 1 aromatic carbocycles. The first-order chi connectivity index (χ1) is 8.52. The lowest BCUT2D eigenvalue weighted by Crippen LogP contribution is -2.03. The fourth-order valence-electron chi connectivity index (χ4n) is 1.26. The number of para-hydroxylation sites is 1. The second kappa shape index (κ2) is 6.72. The predicted octanol–water partition coefficient (Wildman–Crippen LogP) is 1.99. The normalized spacial score (nSPS) is 9.39. The van der Waals surface area contributed by atoms with E-state index in [1.165, 1.54) is 24.8 Å². The maximum atomic E-state index is 10.9. The molecule has 18 heavy (non-hydrogen) atoms. The zero-order valence-electron chi connectivity index (χ0n) is 9.90. The predicted molar refractivity (Wildman–Crippen MR) is 72.4 cm³/mol. The van der Waals surface area contributed by atoms with Crippen LogP contribution >= 0.6 is 11.8 Å². The van der Waals surface area contributed by atoms with Gasteiger partial charge in [0.1, 0.15) is 0 Å². The van der Waals surface area contributed by atoms with Crippen LogP contribution < -0.4 is 5.73 Å². The summed E-state index contributed by atoms with van der Waals surface area (Å²) < 4.78 is 0. The molecule has 0 bridgehead atoms. The molecule has 0 aliphatic heterocycles. The Hall–Kier alpha value is -1.93. The lowest BCUT2D eigenvalue weighted by molar-refractivity contribution is -0.109. The maximum absolute atomic E-state index is 10.9. The Morgan fingerprint density at radius 2 is 2.17 bits per heavy atom. The quantitative estimate of drug-likeness (QED) is 0.495. The number of carboxylic acid groups (broad SMARTS) is 1. The van der Waals surface area contributed by atoms with Crippen molar-refractivity contribution in [3.8, 4) is 11.8 Å². The Morgan fingerprint density at radius 3 is 2.78 bits per heavy atom. The first-order valence-electron chi connectivity index (χ1n) is 5.26. The molecule has 3 N–H and O–H groups in total. The molecule has 0 aromatic heterocycles. The largest absolute Gasteiger partial charge is 0.478 e. The zero-order valence-corrected chi connectivity index (χ0v) is 10.7. The van der Waals surface area contributed by atoms with E-state index in [9.17, 15) is 9.59 Å². The fourth-order valence-corrected chi connectivity index (χ4v) is 1.76. The van der Waals surface area contributed by atoms with E-state index in [0.29, 0.717) is 17.7 Å². The maximum Gasteiger partial charge on any atom is 0.337 e. The molecule has 0 heterocycles. The third kappa shape index (κ3) is 4.15. The number of carbonyl (C=O) groups excluding carboxylic acids is 1. The van der Waals surface area contributed by atoms with Crippen molar-refractivity contribution in [2.45, 2.75) is 13.3 Å². The lowest BCUT2D eigenvalue weighted by atomic mass is 10.1. The minimum absolute atomic E-state index is 0.0555. The molecule has 1 rings (SSSR count). The number of aromatic carboxylic acids is 1. The van der Waals surface area contributed by atoms with Crippen LogP contribution in [0.3, 0.4) is 0 Å². The third-order valence-corrected chi connectivity index (χ3v) is 2.91. The highest BCUT2D eigenvalue weighted by atomic mass is 32.2. The van der Waals surface area contributed by atoms with Crippen molar-refractivity contribution in [2.75, 3.05) is 11.5 Å². The first-order valence-corrected chi connectivity index (χ1v) is 6.25. The summed E-state index contributed by atoms with van der Waals surface area (Å²) >= 11 is 1.21. The summed E-state index contributed by atoms with van der Waals surface area (Å²) in [7, 11) is 0. The van der Waals surface area contributed by atoms with Crippen molar-refractivity contribution in [2.24, 2.45) is 0 Å². The summed E-state index contributed by atoms with van der Waals surface area (Å²) in [5.74, 6) is 5.25. The Kier molecular flexibility index (Phi) is 5.28. The third-order valence-electron chi connectivity index (χ3n) is 2.09. The van der Waals surface area contributed by atoms with Crippen molar-refractivity contribution in [3.63, 3.8) is 0 Å². The van der Waals surface area contributed by atoms with E-state index >= 15 is 0 Å². The summed E-state index contributed by atoms with van der Waals surface area (Å²) in [5.41, 5.74) is 6.44. The second-order valence-electron chi connectivity index (χ2n) is 3.46. The average molecular weight is 263 g/mol. The van der Waals surface area contributed by atoms with Gasteiger partial charge in [0.25, 0.3) is 0 Å². The smallest absolute Gasteiger partial charge is 0.337 e. The molecule has 0 amide bonds. The molecule has 0 aliphatic rings. The highest BCUT2D eigenvalue weighted by Crippen LogP contribution is 2.16. The molecule has 0 saturated heterocycles. The molecule has 0 spiro atoms. The SMILES string of the molecule is CC(=O)SCCC#Cc1cccc(C(=O)O)c1N. The second-order valence-corrected chi connectivity index (χ2v) is 4.74. The molecule has 1 aromatic rings. The van der Waals surface area contributed by atoms with E-state index in [1.807, 2.05) is 0 Å². The molecule has 0 radical (unpaired) electrons. The van der Waals surface area contributed by atoms with Crippen LogP contribution in [0.2, 0.25) is 0 Å². The van der Waals surface area contributed by atoms with Crippen LogP contribution in [-0.4, -0.2) is 21.9 Å². The number of rotatable bonds is 3. The summed E-state index contributed by atoms with van der Waals surface area (Å²) in [6, 6.07) is 4.72. The van der Waals surface area contributed by atoms with Gasteiger partial charge in [0.2, 0.25) is 0 Å². The Labute approximate surface area is 110 Å². The van der Waals surface area contributed by atoms with Crippen LogP contribution in [0, 0.1) is 11.8 Å². The van der Waals surface area contributed by atoms with Crippen LogP contribution in [-0.2, 0) is 4.79 Å². The van der Waals surface area contributed by atoms with Crippen LogP contribution in [0.5, 0.6) is 0 Å². The van der Waals surface area contributed by atoms with Crippen molar-refractivity contribution in [3.05, 3.63) is 29.3 Å². The minimum atomic E-state index is -1.07. The molecule has 0 saturated carbocycles. The standard InChI is InChI=1S/C13H13NO3S/c1-9(15)18-8-3-2-5-10-6-4-7-11(12(10)14)13(16)17/h4,6-7H,3,8,14H2,1H3,(H,16,17). The monoisotopic (exact) mass is 263 g/mol. The molecular weight excluding hydrogens is 250 g/mol. The van der Waals surface area contributed by atoms with E-state index in [0.717, 1.165) is 0 Å². The van der Waals surface area contributed by atoms with Gasteiger partial charge in [-0.15, -0.1) is 0 Å². The highest BCUT2D eigenvalue weighted by molar-refractivity contribution is 8.13. The molecular formula is C13H13NO3S. The number of hydrogen-bond donors (Lipinski definition) is 2. The van der Waals surface area contributed by atoms with E-state index < -0.39 is 5.97 Å². The van der Waals surface area contributed by atoms with Crippen molar-refractivity contribution >= 4 is 28.5 Å². The van der Waals surface area contributed by atoms with Gasteiger partial charge in [-0.25, -0.2) is 4.79 Å². The average Bonchev–Trinajstić information content (AvgIpc) is 2.30. The minimum Gasteiger partial charge on any atom is -0.478 e. The van der Waals surface area contributed by atoms with E-state index in [1.54, 1.807) is 12.1 Å². The topological polar surface area (TPSA) is 80.4 Å². The van der Waals surface area contributed by atoms with Gasteiger partial charge in [-0.05, 0) is 12.1 Å². The van der Waals surface area contributed by atoms with Crippen LogP contribution in [0.25, 0.3) is 0 Å². The number of nitrogens with two attached hydrogens (primary N) is 1. The van der Waals surface area contributed by atoms with Gasteiger partial charge in [0.05, 0.1) is 11.3 Å². The number of anilines is 1. The number of benzene rings is 1. The molecule has 5 heteroatoms. The number of thioether (sulfide) groups is 1. The van der Waals surface area contributed by atoms with Crippen molar-refractivity contribution in [1.82, 2.24) is 0 Å². The summed E-state index contributed by atoms with van der Waals surface area (Å²) in [5, 5.41) is 8.95. The molecule has 0 unspecified atom stereocenters. The number of nitrogen functional groups attached to an aromatic ring is 1. The summed E-state index contributed by atoms with van der Waals surface area (Å²) in [6.07, 6.45) is 0.557. The van der Waals surface area contributed by atoms with E-state index in [4.69, 9.17) is 10.8 Å². The Morgan fingerprint density at radius 1 is 1.44 bits per heavy atom. The van der Waals surface area contributed by atoms with Crippen LogP contribution in [0.1, 0.15) is 29.3 Å². The van der Waals surface area contributed by atoms with E-state index in [-0.39, 0.29) is 16.4 Å². The zero-order chi connectivity index (χ0) is 13.5. The van der Waals surface area contributed by atoms with Crippen LogP contribution in [0.4, 0.5) is 5.69 Å². The highest BCUT2D eigenvalue weighted by Gasteiger charge is 2.09. The number of carbonyl (C=O) groups is 2. The Bertz CT molecular complexity index is 529. The van der Waals surface area contributed by atoms with Gasteiger partial charge >= 0.3 is 5.97 Å². The fraction of sp³-hybridized carbons (Fsp3) is 0.231. The number of carboxylic acids is 1. The van der Waals surface area contributed by atoms with Gasteiger partial charge in [-0.2, -0.15) is 0 Å². The molecule has 0 atom stereocenters. The van der Waals surface area contributed by atoms with Gasteiger partial charge in [0, 0.05) is 24.7 Å². The molecule has 0 aliphatic carbocycles. The number of hydrogen-bond acceptors (Lipinski definition) is 4. The molecule has 4 nitrogen and oxygen atoms in total. The Balaban J connectivity index is 2.74. The summed E-state index contributed by atoms with van der Waals surface area (Å²) in [4.78, 5) is 21.5. The van der Waals surface area contributed by atoms with Gasteiger partial charge < -0.3 is 10.8 Å². The van der Waals surface area contributed by atoms with Gasteiger partial charge in [-0.1, -0.05) is 29.7 Å². The van der Waals surface area contributed by atoms with E-state index in [2.05, 4.69) is 11.8 Å². The van der Waals surface area contributed by atoms with Crippen molar-refractivity contribution in [1.29, 1.82) is 0 Å². The van der Waals surface area contributed by atoms with Crippen LogP contribution in [0.15, 0.2) is 18.2 Å². The lowest BCUT2D eigenvalue weighted by Gasteiger charge is -2.02. The summed E-state index contributed by atoms with van der Waals surface area (Å²) in [6.45, 7) is 1.51. The van der Waals surface area contributed by atoms with Crippen molar-refractivity contribution < 1.29 is 14.7 Å². The van der Waals surface area contributed by atoms with Gasteiger partial charge in [-0.3, -0.25) is 4.79 Å². The first kappa shape index (κ1) is 14.1. The molecule has 0 fully saturated rings. The molecule has 94 valence electrons. The van der Waals surface area contributed by atoms with Gasteiger partial charge in [0.15, 0.2) is 5.12 Å².